The summed E-state index contributed by atoms with van der Waals surface area (Å²) in [5, 5.41) is 10.7. The molecule has 0 aliphatic heterocycles. The quantitative estimate of drug-likeness (QED) is 0.875. The van der Waals surface area contributed by atoms with E-state index in [0.717, 1.165) is 17.4 Å². The van der Waals surface area contributed by atoms with Crippen LogP contribution in [0.1, 0.15) is 30.6 Å². The van der Waals surface area contributed by atoms with Crippen molar-refractivity contribution in [1.29, 1.82) is 0 Å². The predicted molar refractivity (Wildman–Crippen MR) is 69.0 cm³/mol. The van der Waals surface area contributed by atoms with Gasteiger partial charge >= 0.3 is 6.18 Å². The Morgan fingerprint density at radius 2 is 1.84 bits per heavy atom. The summed E-state index contributed by atoms with van der Waals surface area (Å²) in [7, 11) is 0. The van der Waals surface area contributed by atoms with Crippen molar-refractivity contribution in [2.75, 3.05) is 0 Å². The molecule has 4 heteroatoms. The third-order valence-electron chi connectivity index (χ3n) is 3.10. The number of aliphatic hydroxyl groups is 1. The number of halogens is 3. The van der Waals surface area contributed by atoms with Crippen LogP contribution in [-0.4, -0.2) is 11.3 Å². The number of hydrogen-bond acceptors (Lipinski definition) is 1. The summed E-state index contributed by atoms with van der Waals surface area (Å²) in [6, 6.07) is 10.2. The molecule has 0 spiro atoms. The maximum Gasteiger partial charge on any atom is 0.418 e. The molecule has 0 saturated heterocycles. The highest BCUT2D eigenvalue weighted by atomic mass is 19.4. The smallest absolute Gasteiger partial charge is 0.379 e. The van der Waals surface area contributed by atoms with Gasteiger partial charge in [0.25, 0.3) is 0 Å². The Bertz CT molecular complexity index is 575. The highest BCUT2D eigenvalue weighted by molar-refractivity contribution is 5.86. The molecule has 1 nitrogen and oxygen atoms in total. The zero-order valence-electron chi connectivity index (χ0n) is 10.5. The number of rotatable bonds is 3. The summed E-state index contributed by atoms with van der Waals surface area (Å²) in [4.78, 5) is 0. The standard InChI is InChI=1S/C15H15F3O/c1-2-5-10-8-11-6-3-4-7-12(11)13(9-10)14(19)15(16,17)18/h3-4,6-9,14,19H,2,5H2,1H3. The Kier molecular flexibility index (Phi) is 3.80. The monoisotopic (exact) mass is 268 g/mol. The summed E-state index contributed by atoms with van der Waals surface area (Å²) in [5.41, 5.74) is 0.758. The molecule has 1 N–H and O–H groups in total. The van der Waals surface area contributed by atoms with Gasteiger partial charge in [-0.1, -0.05) is 49.7 Å². The van der Waals surface area contributed by atoms with Crippen molar-refractivity contribution in [3.63, 3.8) is 0 Å². The van der Waals surface area contributed by atoms with Gasteiger partial charge in [-0.25, -0.2) is 0 Å². The molecule has 102 valence electrons. The van der Waals surface area contributed by atoms with Gasteiger partial charge in [0.15, 0.2) is 6.10 Å². The number of fused-ring (bicyclic) bond motifs is 1. The molecule has 0 amide bonds. The van der Waals surface area contributed by atoms with Crippen LogP contribution in [0.5, 0.6) is 0 Å². The molecule has 0 fully saturated rings. The topological polar surface area (TPSA) is 20.2 Å². The second kappa shape index (κ2) is 5.21. The molecule has 0 heterocycles. The molecule has 1 unspecified atom stereocenters. The van der Waals surface area contributed by atoms with Crippen LogP contribution in [-0.2, 0) is 6.42 Å². The minimum absolute atomic E-state index is 0.0611. The normalized spacial score (nSPS) is 13.7. The summed E-state index contributed by atoms with van der Waals surface area (Å²) in [6.45, 7) is 1.97. The van der Waals surface area contributed by atoms with Crippen molar-refractivity contribution in [2.24, 2.45) is 0 Å². The highest BCUT2D eigenvalue weighted by Gasteiger charge is 2.40. The Hall–Kier alpha value is -1.55. The first-order chi connectivity index (χ1) is 8.93. The van der Waals surface area contributed by atoms with E-state index in [2.05, 4.69) is 0 Å². The van der Waals surface area contributed by atoms with E-state index in [9.17, 15) is 18.3 Å². The van der Waals surface area contributed by atoms with E-state index in [0.29, 0.717) is 11.8 Å². The Labute approximate surface area is 109 Å². The summed E-state index contributed by atoms with van der Waals surface area (Å²) in [6.07, 6.45) is -5.54. The molecule has 19 heavy (non-hydrogen) atoms. The number of alkyl halides is 3. The van der Waals surface area contributed by atoms with E-state index >= 15 is 0 Å². The molecule has 0 aromatic heterocycles. The van der Waals surface area contributed by atoms with Gasteiger partial charge in [-0.05, 0) is 28.3 Å². The molecule has 0 aliphatic carbocycles. The molecular weight excluding hydrogens is 253 g/mol. The van der Waals surface area contributed by atoms with E-state index in [4.69, 9.17) is 0 Å². The van der Waals surface area contributed by atoms with Crippen LogP contribution in [0.4, 0.5) is 13.2 Å². The van der Waals surface area contributed by atoms with E-state index in [1.54, 1.807) is 24.3 Å². The lowest BCUT2D eigenvalue weighted by Crippen LogP contribution is -2.20. The van der Waals surface area contributed by atoms with Crippen LogP contribution in [0.25, 0.3) is 10.8 Å². The second-order valence-electron chi connectivity index (χ2n) is 4.60. The van der Waals surface area contributed by atoms with Crippen molar-refractivity contribution in [3.8, 4) is 0 Å². The van der Waals surface area contributed by atoms with Crippen molar-refractivity contribution in [1.82, 2.24) is 0 Å². The maximum absolute atomic E-state index is 12.7. The van der Waals surface area contributed by atoms with Gasteiger partial charge in [-0.2, -0.15) is 13.2 Å². The summed E-state index contributed by atoms with van der Waals surface area (Å²) >= 11 is 0. The lowest BCUT2D eigenvalue weighted by molar-refractivity contribution is -0.206. The Morgan fingerprint density at radius 3 is 2.47 bits per heavy atom. The largest absolute Gasteiger partial charge is 0.418 e. The summed E-state index contributed by atoms with van der Waals surface area (Å²) in [5.74, 6) is 0. The average molecular weight is 268 g/mol. The Morgan fingerprint density at radius 1 is 1.16 bits per heavy atom. The van der Waals surface area contributed by atoms with Crippen molar-refractivity contribution in [2.45, 2.75) is 32.0 Å². The fraction of sp³-hybridized carbons (Fsp3) is 0.333. The van der Waals surface area contributed by atoms with Gasteiger partial charge in [0.1, 0.15) is 0 Å². The highest BCUT2D eigenvalue weighted by Crippen LogP contribution is 2.36. The van der Waals surface area contributed by atoms with E-state index in [1.807, 2.05) is 13.0 Å². The first-order valence-corrected chi connectivity index (χ1v) is 6.20. The maximum atomic E-state index is 12.7. The number of hydrogen-bond donors (Lipinski definition) is 1. The lowest BCUT2D eigenvalue weighted by Gasteiger charge is -2.18. The first-order valence-electron chi connectivity index (χ1n) is 6.20. The van der Waals surface area contributed by atoms with Crippen LogP contribution in [0.2, 0.25) is 0 Å². The average Bonchev–Trinajstić information content (AvgIpc) is 2.36. The lowest BCUT2D eigenvalue weighted by atomic mass is 9.95. The minimum atomic E-state index is -4.65. The van der Waals surface area contributed by atoms with E-state index in [1.165, 1.54) is 6.07 Å². The predicted octanol–water partition coefficient (Wildman–Crippen LogP) is 4.39. The second-order valence-corrected chi connectivity index (χ2v) is 4.60. The van der Waals surface area contributed by atoms with Gasteiger partial charge < -0.3 is 5.11 Å². The minimum Gasteiger partial charge on any atom is -0.379 e. The molecule has 2 rings (SSSR count). The fourth-order valence-electron chi connectivity index (χ4n) is 2.24. The molecule has 0 bridgehead atoms. The van der Waals surface area contributed by atoms with Crippen molar-refractivity contribution >= 4 is 10.8 Å². The third-order valence-corrected chi connectivity index (χ3v) is 3.10. The number of aryl methyl sites for hydroxylation is 1. The van der Waals surface area contributed by atoms with Crippen LogP contribution in [0.3, 0.4) is 0 Å². The molecular formula is C15H15F3O. The van der Waals surface area contributed by atoms with Crippen molar-refractivity contribution < 1.29 is 18.3 Å². The number of benzene rings is 2. The van der Waals surface area contributed by atoms with Crippen LogP contribution >= 0.6 is 0 Å². The Balaban J connectivity index is 2.62. The molecule has 0 saturated carbocycles. The first kappa shape index (κ1) is 13.9. The van der Waals surface area contributed by atoms with E-state index in [-0.39, 0.29) is 5.56 Å². The van der Waals surface area contributed by atoms with Gasteiger partial charge in [0.2, 0.25) is 0 Å². The zero-order chi connectivity index (χ0) is 14.0. The molecule has 2 aromatic rings. The van der Waals surface area contributed by atoms with Crippen LogP contribution < -0.4 is 0 Å². The van der Waals surface area contributed by atoms with Gasteiger partial charge in [0.05, 0.1) is 0 Å². The molecule has 2 aromatic carbocycles. The molecule has 0 aliphatic rings. The van der Waals surface area contributed by atoms with Crippen molar-refractivity contribution in [3.05, 3.63) is 47.5 Å². The third kappa shape index (κ3) is 2.89. The number of aliphatic hydroxyl groups excluding tert-OH is 1. The van der Waals surface area contributed by atoms with Crippen LogP contribution in [0.15, 0.2) is 36.4 Å². The van der Waals surface area contributed by atoms with Gasteiger partial charge in [0, 0.05) is 0 Å². The van der Waals surface area contributed by atoms with E-state index < -0.39 is 12.3 Å². The summed E-state index contributed by atoms with van der Waals surface area (Å²) < 4.78 is 38.2. The van der Waals surface area contributed by atoms with Gasteiger partial charge in [-0.15, -0.1) is 0 Å². The molecule has 0 radical (unpaired) electrons. The SMILES string of the molecule is CCCc1cc(C(O)C(F)(F)F)c2ccccc2c1. The van der Waals surface area contributed by atoms with Crippen LogP contribution in [0, 0.1) is 0 Å². The van der Waals surface area contributed by atoms with Gasteiger partial charge in [-0.3, -0.25) is 0 Å². The molecule has 1 atom stereocenters. The zero-order valence-corrected chi connectivity index (χ0v) is 10.5. The fourth-order valence-corrected chi connectivity index (χ4v) is 2.24.